The maximum atomic E-state index is 12.6. The summed E-state index contributed by atoms with van der Waals surface area (Å²) in [6, 6.07) is 16.4. The summed E-state index contributed by atoms with van der Waals surface area (Å²) in [4.78, 5) is 38.0. The molecule has 0 aliphatic rings. The molecule has 0 aliphatic heterocycles. The van der Waals surface area contributed by atoms with E-state index in [9.17, 15) is 14.4 Å². The van der Waals surface area contributed by atoms with Gasteiger partial charge in [0.2, 0.25) is 5.91 Å². The number of benzene rings is 2. The molecule has 0 aromatic heterocycles. The average molecular weight is 397 g/mol. The van der Waals surface area contributed by atoms with Crippen LogP contribution < -0.4 is 0 Å². The van der Waals surface area contributed by atoms with Crippen molar-refractivity contribution in [3.8, 4) is 11.1 Å². The number of carbonyl (C=O) groups is 3. The van der Waals surface area contributed by atoms with Crippen LogP contribution in [0.2, 0.25) is 0 Å². The largest absolute Gasteiger partial charge is 0.467 e. The van der Waals surface area contributed by atoms with Crippen molar-refractivity contribution < 1.29 is 23.9 Å². The molecule has 0 spiro atoms. The lowest BCUT2D eigenvalue weighted by Crippen LogP contribution is -2.51. The fourth-order valence-electron chi connectivity index (χ4n) is 2.89. The van der Waals surface area contributed by atoms with Gasteiger partial charge in [-0.15, -0.1) is 0 Å². The molecule has 0 N–H and O–H groups in total. The van der Waals surface area contributed by atoms with Crippen LogP contribution in [0.5, 0.6) is 0 Å². The second kappa shape index (κ2) is 9.37. The fraction of sp³-hybridized carbons (Fsp3) is 0.348. The molecule has 0 saturated heterocycles. The molecule has 0 aliphatic carbocycles. The van der Waals surface area contributed by atoms with E-state index in [1.807, 2.05) is 54.6 Å². The van der Waals surface area contributed by atoms with Crippen molar-refractivity contribution in [1.82, 2.24) is 4.90 Å². The van der Waals surface area contributed by atoms with Gasteiger partial charge in [-0.1, -0.05) is 54.6 Å². The molecule has 2 aromatic carbocycles. The zero-order chi connectivity index (χ0) is 21.6. The third kappa shape index (κ3) is 6.17. The van der Waals surface area contributed by atoms with Crippen LogP contribution in [0, 0.1) is 0 Å². The van der Waals surface area contributed by atoms with E-state index >= 15 is 0 Å². The van der Waals surface area contributed by atoms with Gasteiger partial charge >= 0.3 is 12.1 Å². The molecule has 2 rings (SSSR count). The first-order valence-corrected chi connectivity index (χ1v) is 9.37. The number of ether oxygens (including phenoxy) is 2. The molecule has 0 radical (unpaired) electrons. The third-order valence-corrected chi connectivity index (χ3v) is 4.20. The summed E-state index contributed by atoms with van der Waals surface area (Å²) in [5, 5.41) is 0. The maximum absolute atomic E-state index is 12.6. The Morgan fingerprint density at radius 2 is 1.48 bits per heavy atom. The van der Waals surface area contributed by atoms with Gasteiger partial charge in [0, 0.05) is 13.3 Å². The molecule has 154 valence electrons. The zero-order valence-electron chi connectivity index (χ0n) is 17.5. The predicted octanol–water partition coefficient (Wildman–Crippen LogP) is 4.22. The standard InChI is InChI=1S/C23H27NO5/c1-16(25)24(22(27)29-23(2,3)4)20(21(26)28-5)15-17-11-13-19(14-12-17)18-9-7-6-8-10-18/h6-14,20H,15H2,1-5H3. The first kappa shape index (κ1) is 22.1. The van der Waals surface area contributed by atoms with Gasteiger partial charge in [-0.25, -0.2) is 14.5 Å². The van der Waals surface area contributed by atoms with Crippen LogP contribution in [-0.4, -0.2) is 41.6 Å². The van der Waals surface area contributed by atoms with Gasteiger partial charge in [-0.05, 0) is 37.5 Å². The first-order chi connectivity index (χ1) is 13.6. The Balaban J connectivity index is 2.28. The molecule has 2 aromatic rings. The van der Waals surface area contributed by atoms with Crippen molar-refractivity contribution in [2.75, 3.05) is 7.11 Å². The minimum Gasteiger partial charge on any atom is -0.467 e. The van der Waals surface area contributed by atoms with Crippen molar-refractivity contribution in [1.29, 1.82) is 0 Å². The molecule has 6 nitrogen and oxygen atoms in total. The molecule has 0 fully saturated rings. The van der Waals surface area contributed by atoms with E-state index in [1.165, 1.54) is 14.0 Å². The van der Waals surface area contributed by atoms with E-state index in [4.69, 9.17) is 9.47 Å². The minimum atomic E-state index is -1.12. The van der Waals surface area contributed by atoms with Gasteiger partial charge in [-0.2, -0.15) is 0 Å². The lowest BCUT2D eigenvalue weighted by Gasteiger charge is -2.30. The maximum Gasteiger partial charge on any atom is 0.417 e. The molecule has 0 saturated carbocycles. The van der Waals surface area contributed by atoms with Crippen molar-refractivity contribution in [3.05, 3.63) is 60.2 Å². The molecular formula is C23H27NO5. The Labute approximate surface area is 171 Å². The number of amides is 2. The van der Waals surface area contributed by atoms with Crippen LogP contribution in [0.25, 0.3) is 11.1 Å². The number of esters is 1. The van der Waals surface area contributed by atoms with Crippen molar-refractivity contribution >= 4 is 18.0 Å². The van der Waals surface area contributed by atoms with Crippen LogP contribution in [0.3, 0.4) is 0 Å². The number of rotatable bonds is 5. The Morgan fingerprint density at radius 1 is 0.931 bits per heavy atom. The normalized spacial score (nSPS) is 12.0. The van der Waals surface area contributed by atoms with E-state index in [1.54, 1.807) is 20.8 Å². The lowest BCUT2D eigenvalue weighted by atomic mass is 10.00. The summed E-state index contributed by atoms with van der Waals surface area (Å²) in [6.07, 6.45) is -0.748. The minimum absolute atomic E-state index is 0.126. The molecule has 6 heteroatoms. The molecule has 1 atom stereocenters. The van der Waals surface area contributed by atoms with E-state index in [-0.39, 0.29) is 6.42 Å². The Morgan fingerprint density at radius 3 is 1.97 bits per heavy atom. The van der Waals surface area contributed by atoms with E-state index < -0.39 is 29.6 Å². The predicted molar refractivity (Wildman–Crippen MR) is 110 cm³/mol. The van der Waals surface area contributed by atoms with E-state index in [0.717, 1.165) is 21.6 Å². The summed E-state index contributed by atoms with van der Waals surface area (Å²) in [5.41, 5.74) is 2.08. The highest BCUT2D eigenvalue weighted by Gasteiger charge is 2.36. The van der Waals surface area contributed by atoms with Crippen molar-refractivity contribution in [2.24, 2.45) is 0 Å². The number of hydrogen-bond acceptors (Lipinski definition) is 5. The van der Waals surface area contributed by atoms with Gasteiger partial charge < -0.3 is 9.47 Å². The second-order valence-corrected chi connectivity index (χ2v) is 7.68. The van der Waals surface area contributed by atoms with Gasteiger partial charge in [0.15, 0.2) is 0 Å². The highest BCUT2D eigenvalue weighted by atomic mass is 16.6. The lowest BCUT2D eigenvalue weighted by molar-refractivity contribution is -0.151. The highest BCUT2D eigenvalue weighted by molar-refractivity contribution is 5.96. The van der Waals surface area contributed by atoms with Crippen molar-refractivity contribution in [2.45, 2.75) is 45.8 Å². The number of methoxy groups -OCH3 is 1. The molecule has 1 unspecified atom stereocenters. The average Bonchev–Trinajstić information content (AvgIpc) is 2.66. The van der Waals surface area contributed by atoms with Crippen LogP contribution in [-0.2, 0) is 25.5 Å². The molecule has 2 amide bonds. The Kier molecular flexibility index (Phi) is 7.15. The zero-order valence-corrected chi connectivity index (χ0v) is 17.5. The van der Waals surface area contributed by atoms with E-state index in [2.05, 4.69) is 0 Å². The summed E-state index contributed by atoms with van der Waals surface area (Å²) < 4.78 is 10.2. The van der Waals surface area contributed by atoms with Crippen LogP contribution in [0.1, 0.15) is 33.3 Å². The smallest absolute Gasteiger partial charge is 0.417 e. The number of nitrogens with zero attached hydrogens (tertiary/aromatic N) is 1. The second-order valence-electron chi connectivity index (χ2n) is 7.68. The van der Waals surface area contributed by atoms with Gasteiger partial charge in [0.1, 0.15) is 11.6 Å². The summed E-state index contributed by atoms with van der Waals surface area (Å²) in [7, 11) is 1.22. The van der Waals surface area contributed by atoms with Crippen LogP contribution >= 0.6 is 0 Å². The van der Waals surface area contributed by atoms with Crippen molar-refractivity contribution in [3.63, 3.8) is 0 Å². The van der Waals surface area contributed by atoms with Gasteiger partial charge in [0.25, 0.3) is 0 Å². The monoisotopic (exact) mass is 397 g/mol. The van der Waals surface area contributed by atoms with Gasteiger partial charge in [0.05, 0.1) is 7.11 Å². The van der Waals surface area contributed by atoms with Crippen LogP contribution in [0.4, 0.5) is 4.79 Å². The van der Waals surface area contributed by atoms with Gasteiger partial charge in [-0.3, -0.25) is 4.79 Å². The number of carbonyl (C=O) groups excluding carboxylic acids is 3. The SMILES string of the molecule is COC(=O)C(Cc1ccc(-c2ccccc2)cc1)N(C(C)=O)C(=O)OC(C)(C)C. The quantitative estimate of drug-likeness (QED) is 0.706. The topological polar surface area (TPSA) is 72.9 Å². The molecule has 0 heterocycles. The van der Waals surface area contributed by atoms with E-state index in [0.29, 0.717) is 0 Å². The first-order valence-electron chi connectivity index (χ1n) is 9.37. The number of imide groups is 1. The van der Waals surface area contributed by atoms with Crippen LogP contribution in [0.15, 0.2) is 54.6 Å². The third-order valence-electron chi connectivity index (χ3n) is 4.20. The molecule has 0 bridgehead atoms. The fourth-order valence-corrected chi connectivity index (χ4v) is 2.89. The summed E-state index contributed by atoms with van der Waals surface area (Å²) >= 11 is 0. The molecule has 29 heavy (non-hydrogen) atoms. The summed E-state index contributed by atoms with van der Waals surface area (Å²) in [6.45, 7) is 6.30. The number of hydrogen-bond donors (Lipinski definition) is 0. The summed E-state index contributed by atoms with van der Waals surface area (Å²) in [5.74, 6) is -1.27. The Bertz CT molecular complexity index is 853. The Hall–Kier alpha value is -3.15. The highest BCUT2D eigenvalue weighted by Crippen LogP contribution is 2.21. The molecular weight excluding hydrogens is 370 g/mol.